The number of nitrogens with one attached hydrogen (secondary N) is 1. The van der Waals surface area contributed by atoms with E-state index in [1.807, 2.05) is 24.6 Å². The van der Waals surface area contributed by atoms with Crippen molar-refractivity contribution in [1.82, 2.24) is 9.97 Å². The molecule has 20 heavy (non-hydrogen) atoms. The maximum absolute atomic E-state index is 4.58. The van der Waals surface area contributed by atoms with Crippen molar-refractivity contribution in [3.05, 3.63) is 52.6 Å². The Morgan fingerprint density at radius 3 is 2.90 bits per heavy atom. The normalized spacial score (nSPS) is 12.5. The van der Waals surface area contributed by atoms with Crippen molar-refractivity contribution in [2.75, 3.05) is 5.32 Å². The van der Waals surface area contributed by atoms with Gasteiger partial charge in [0.05, 0.1) is 11.6 Å². The number of fused-ring (bicyclic) bond motifs is 1. The third kappa shape index (κ3) is 2.51. The summed E-state index contributed by atoms with van der Waals surface area (Å²) in [6.07, 6.45) is 2.86. The first-order chi connectivity index (χ1) is 9.78. The summed E-state index contributed by atoms with van der Waals surface area (Å²) in [5.74, 6) is 0. The van der Waals surface area contributed by atoms with E-state index in [9.17, 15) is 0 Å². The number of anilines is 1. The van der Waals surface area contributed by atoms with E-state index in [-0.39, 0.29) is 6.04 Å². The maximum Gasteiger partial charge on any atom is 0.115 e. The molecule has 0 fully saturated rings. The van der Waals surface area contributed by atoms with Gasteiger partial charge in [-0.3, -0.25) is 4.98 Å². The fraction of sp³-hybridized carbons (Fsp3) is 0.250. The topological polar surface area (TPSA) is 37.8 Å². The average molecular weight is 283 g/mol. The van der Waals surface area contributed by atoms with Crippen molar-refractivity contribution in [2.45, 2.75) is 26.3 Å². The zero-order chi connectivity index (χ0) is 13.9. The first kappa shape index (κ1) is 13.1. The Balaban J connectivity index is 2.01. The van der Waals surface area contributed by atoms with Crippen LogP contribution in [-0.4, -0.2) is 9.97 Å². The van der Waals surface area contributed by atoms with Crippen molar-refractivity contribution in [2.24, 2.45) is 0 Å². The smallest absolute Gasteiger partial charge is 0.115 e. The number of rotatable bonds is 4. The molecule has 3 rings (SSSR count). The van der Waals surface area contributed by atoms with Gasteiger partial charge in [-0.25, -0.2) is 4.98 Å². The second kappa shape index (κ2) is 5.59. The van der Waals surface area contributed by atoms with Crippen molar-refractivity contribution in [3.63, 3.8) is 0 Å². The molecule has 0 bridgehead atoms. The molecule has 1 unspecified atom stereocenters. The van der Waals surface area contributed by atoms with Gasteiger partial charge in [-0.15, -0.1) is 11.3 Å². The Hall–Kier alpha value is -1.94. The lowest BCUT2D eigenvalue weighted by molar-refractivity contribution is 0.743. The number of thiazole rings is 1. The maximum atomic E-state index is 4.58. The van der Waals surface area contributed by atoms with Gasteiger partial charge < -0.3 is 5.32 Å². The Labute approximate surface area is 122 Å². The molecule has 1 atom stereocenters. The predicted octanol–water partition coefficient (Wildman–Crippen LogP) is 4.56. The van der Waals surface area contributed by atoms with Gasteiger partial charge in [-0.2, -0.15) is 0 Å². The number of aromatic nitrogens is 2. The van der Waals surface area contributed by atoms with Crippen LogP contribution in [0.4, 0.5) is 5.69 Å². The van der Waals surface area contributed by atoms with Crippen LogP contribution in [-0.2, 0) is 0 Å². The third-order valence-corrected chi connectivity index (χ3v) is 4.22. The van der Waals surface area contributed by atoms with Gasteiger partial charge in [0.2, 0.25) is 0 Å². The summed E-state index contributed by atoms with van der Waals surface area (Å²) >= 11 is 1.70. The van der Waals surface area contributed by atoms with Gasteiger partial charge in [0.1, 0.15) is 5.01 Å². The van der Waals surface area contributed by atoms with Crippen LogP contribution >= 0.6 is 11.3 Å². The van der Waals surface area contributed by atoms with Crippen LogP contribution in [0.15, 0.2) is 41.9 Å². The lowest BCUT2D eigenvalue weighted by atomic mass is 10.1. The molecule has 3 nitrogen and oxygen atoms in total. The van der Waals surface area contributed by atoms with Crippen molar-refractivity contribution in [3.8, 4) is 0 Å². The summed E-state index contributed by atoms with van der Waals surface area (Å²) in [7, 11) is 0. The van der Waals surface area contributed by atoms with Gasteiger partial charge in [-0.05, 0) is 25.5 Å². The Bertz CT molecular complexity index is 707. The molecule has 4 heteroatoms. The molecule has 0 amide bonds. The van der Waals surface area contributed by atoms with E-state index in [1.165, 1.54) is 0 Å². The number of para-hydroxylation sites is 1. The van der Waals surface area contributed by atoms with Crippen LogP contribution in [0.25, 0.3) is 10.9 Å². The second-order valence-corrected chi connectivity index (χ2v) is 5.73. The zero-order valence-electron chi connectivity index (χ0n) is 11.6. The molecule has 0 radical (unpaired) electrons. The minimum absolute atomic E-state index is 0.250. The highest BCUT2D eigenvalue weighted by Gasteiger charge is 2.13. The molecule has 0 saturated heterocycles. The van der Waals surface area contributed by atoms with Gasteiger partial charge in [0.25, 0.3) is 0 Å². The summed E-state index contributed by atoms with van der Waals surface area (Å²) in [6, 6.07) is 10.6. The molecular weight excluding hydrogens is 266 g/mol. The van der Waals surface area contributed by atoms with E-state index in [4.69, 9.17) is 0 Å². The minimum atomic E-state index is 0.250. The SMILES string of the molecule is CCC(Nc1cc(C)nc2ccccc12)c1nccs1. The average Bonchev–Trinajstić information content (AvgIpc) is 2.98. The Morgan fingerprint density at radius 1 is 1.30 bits per heavy atom. The highest BCUT2D eigenvalue weighted by molar-refractivity contribution is 7.09. The largest absolute Gasteiger partial charge is 0.375 e. The molecule has 2 heterocycles. The van der Waals surface area contributed by atoms with Gasteiger partial charge in [0, 0.05) is 28.3 Å². The second-order valence-electron chi connectivity index (χ2n) is 4.80. The summed E-state index contributed by atoms with van der Waals surface area (Å²) < 4.78 is 0. The molecule has 102 valence electrons. The fourth-order valence-corrected chi connectivity index (χ4v) is 3.13. The molecule has 0 spiro atoms. The predicted molar refractivity (Wildman–Crippen MR) is 85.2 cm³/mol. The molecule has 0 aliphatic heterocycles. The van der Waals surface area contributed by atoms with E-state index >= 15 is 0 Å². The molecule has 3 aromatic rings. The summed E-state index contributed by atoms with van der Waals surface area (Å²) in [6.45, 7) is 4.21. The standard InChI is InChI=1S/C16H17N3S/c1-3-13(16-17-8-9-20-16)19-15-10-11(2)18-14-7-5-4-6-12(14)15/h4-10,13H,3H2,1-2H3,(H,18,19). The lowest BCUT2D eigenvalue weighted by Crippen LogP contribution is -2.10. The van der Waals surface area contributed by atoms with E-state index in [2.05, 4.69) is 46.5 Å². The Morgan fingerprint density at radius 2 is 2.15 bits per heavy atom. The number of pyridine rings is 1. The molecule has 2 aromatic heterocycles. The first-order valence-electron chi connectivity index (χ1n) is 6.80. The van der Waals surface area contributed by atoms with Crippen LogP contribution in [0.3, 0.4) is 0 Å². The van der Waals surface area contributed by atoms with E-state index in [0.717, 1.165) is 33.7 Å². The minimum Gasteiger partial charge on any atom is -0.375 e. The van der Waals surface area contributed by atoms with Gasteiger partial charge >= 0.3 is 0 Å². The van der Waals surface area contributed by atoms with Crippen molar-refractivity contribution < 1.29 is 0 Å². The van der Waals surface area contributed by atoms with Crippen LogP contribution in [0, 0.1) is 6.92 Å². The highest BCUT2D eigenvalue weighted by atomic mass is 32.1. The number of aryl methyl sites for hydroxylation is 1. The lowest BCUT2D eigenvalue weighted by Gasteiger charge is -2.18. The molecule has 0 saturated carbocycles. The molecule has 1 N–H and O–H groups in total. The molecule has 0 aliphatic rings. The fourth-order valence-electron chi connectivity index (χ4n) is 2.36. The zero-order valence-corrected chi connectivity index (χ0v) is 12.4. The van der Waals surface area contributed by atoms with E-state index in [0.29, 0.717) is 0 Å². The van der Waals surface area contributed by atoms with Crippen molar-refractivity contribution in [1.29, 1.82) is 0 Å². The van der Waals surface area contributed by atoms with Crippen molar-refractivity contribution >= 4 is 27.9 Å². The van der Waals surface area contributed by atoms with E-state index in [1.54, 1.807) is 11.3 Å². The summed E-state index contributed by atoms with van der Waals surface area (Å²) in [5, 5.41) is 7.94. The van der Waals surface area contributed by atoms with Gasteiger partial charge in [0.15, 0.2) is 0 Å². The molecular formula is C16H17N3S. The van der Waals surface area contributed by atoms with Crippen LogP contribution in [0.1, 0.15) is 30.1 Å². The quantitative estimate of drug-likeness (QED) is 0.762. The number of benzene rings is 1. The van der Waals surface area contributed by atoms with Crippen LogP contribution < -0.4 is 5.32 Å². The Kier molecular flexibility index (Phi) is 3.65. The van der Waals surface area contributed by atoms with E-state index < -0.39 is 0 Å². The number of nitrogens with zero attached hydrogens (tertiary/aromatic N) is 2. The first-order valence-corrected chi connectivity index (χ1v) is 7.68. The summed E-state index contributed by atoms with van der Waals surface area (Å²) in [5.41, 5.74) is 3.19. The summed E-state index contributed by atoms with van der Waals surface area (Å²) in [4.78, 5) is 9.01. The van der Waals surface area contributed by atoms with Gasteiger partial charge in [-0.1, -0.05) is 25.1 Å². The third-order valence-electron chi connectivity index (χ3n) is 3.33. The molecule has 1 aromatic carbocycles. The molecule has 0 aliphatic carbocycles. The monoisotopic (exact) mass is 283 g/mol. The highest BCUT2D eigenvalue weighted by Crippen LogP contribution is 2.29. The van der Waals surface area contributed by atoms with Crippen LogP contribution in [0.2, 0.25) is 0 Å². The van der Waals surface area contributed by atoms with Crippen LogP contribution in [0.5, 0.6) is 0 Å². The number of hydrogen-bond acceptors (Lipinski definition) is 4. The number of hydrogen-bond donors (Lipinski definition) is 1.